The molecule has 0 aliphatic carbocycles. The van der Waals surface area contributed by atoms with Crippen LogP contribution in [0.1, 0.15) is 37.6 Å². The molecule has 1 amide bonds. The Morgan fingerprint density at radius 3 is 3.32 bits per heavy atom. The molecule has 1 aromatic rings. The van der Waals surface area contributed by atoms with Gasteiger partial charge < -0.3 is 14.6 Å². The number of hydrogen-bond donors (Lipinski definition) is 1. The van der Waals surface area contributed by atoms with Crippen molar-refractivity contribution in [3.8, 4) is 0 Å². The Balaban J connectivity index is 1.61. The minimum absolute atomic E-state index is 0.117. The lowest BCUT2D eigenvalue weighted by atomic mass is 10.2. The highest BCUT2D eigenvalue weighted by Crippen LogP contribution is 2.28. The normalized spacial score (nSPS) is 27.2. The molecule has 3 rings (SSSR count). The molecule has 7 heteroatoms. The number of carbonyl (C=O) groups is 1. The SMILES string of the molecule is CC(=O)NCc1nc([C@H]2CN3CCC[C@H]3CO2)no1. The Kier molecular flexibility index (Phi) is 3.48. The molecule has 7 nitrogen and oxygen atoms in total. The lowest BCUT2D eigenvalue weighted by Gasteiger charge is -2.33. The van der Waals surface area contributed by atoms with Crippen LogP contribution in [0.25, 0.3) is 0 Å². The van der Waals surface area contributed by atoms with Crippen LogP contribution >= 0.6 is 0 Å². The maximum Gasteiger partial charge on any atom is 0.246 e. The lowest BCUT2D eigenvalue weighted by molar-refractivity contribution is -0.119. The van der Waals surface area contributed by atoms with Crippen LogP contribution in [0, 0.1) is 0 Å². The quantitative estimate of drug-likeness (QED) is 0.844. The molecular formula is C12H18N4O3. The highest BCUT2D eigenvalue weighted by molar-refractivity contribution is 5.72. The summed E-state index contributed by atoms with van der Waals surface area (Å²) in [6.07, 6.45) is 2.33. The fourth-order valence-electron chi connectivity index (χ4n) is 2.64. The van der Waals surface area contributed by atoms with Crippen LogP contribution < -0.4 is 5.32 Å². The van der Waals surface area contributed by atoms with Gasteiger partial charge in [0.15, 0.2) is 0 Å². The van der Waals surface area contributed by atoms with E-state index >= 15 is 0 Å². The fraction of sp³-hybridized carbons (Fsp3) is 0.750. The van der Waals surface area contributed by atoms with Gasteiger partial charge in [-0.15, -0.1) is 0 Å². The van der Waals surface area contributed by atoms with Crippen molar-refractivity contribution in [2.24, 2.45) is 0 Å². The largest absolute Gasteiger partial charge is 0.367 e. The standard InChI is InChI=1S/C12H18N4O3/c1-8(17)13-5-11-14-12(15-19-11)10-6-16-4-2-3-9(16)7-18-10/h9-10H,2-7H2,1H3,(H,13,17)/t9-,10+/m0/s1. The number of rotatable bonds is 3. The van der Waals surface area contributed by atoms with Crippen LogP contribution in [0.2, 0.25) is 0 Å². The van der Waals surface area contributed by atoms with Crippen molar-refractivity contribution in [3.05, 3.63) is 11.7 Å². The van der Waals surface area contributed by atoms with E-state index in [1.54, 1.807) is 0 Å². The minimum atomic E-state index is -0.121. The molecule has 0 aromatic carbocycles. The van der Waals surface area contributed by atoms with Gasteiger partial charge in [0.2, 0.25) is 17.6 Å². The van der Waals surface area contributed by atoms with Crippen molar-refractivity contribution in [3.63, 3.8) is 0 Å². The van der Waals surface area contributed by atoms with Crippen molar-refractivity contribution < 1.29 is 14.1 Å². The first-order valence-corrected chi connectivity index (χ1v) is 6.65. The van der Waals surface area contributed by atoms with Crippen molar-refractivity contribution in [2.75, 3.05) is 19.7 Å². The van der Waals surface area contributed by atoms with Gasteiger partial charge in [0.1, 0.15) is 6.10 Å². The second kappa shape index (κ2) is 5.26. The van der Waals surface area contributed by atoms with E-state index in [0.29, 0.717) is 17.8 Å². The first-order valence-electron chi connectivity index (χ1n) is 6.65. The Hall–Kier alpha value is -1.47. The van der Waals surface area contributed by atoms with E-state index in [2.05, 4.69) is 20.4 Å². The zero-order valence-corrected chi connectivity index (χ0v) is 11.0. The Morgan fingerprint density at radius 1 is 1.58 bits per heavy atom. The van der Waals surface area contributed by atoms with Crippen LogP contribution in [-0.4, -0.2) is 46.7 Å². The van der Waals surface area contributed by atoms with E-state index < -0.39 is 0 Å². The molecule has 1 aromatic heterocycles. The number of amides is 1. The van der Waals surface area contributed by atoms with E-state index in [9.17, 15) is 4.79 Å². The van der Waals surface area contributed by atoms with Crippen LogP contribution in [0.3, 0.4) is 0 Å². The van der Waals surface area contributed by atoms with E-state index in [1.165, 1.54) is 19.8 Å². The number of carbonyl (C=O) groups excluding carboxylic acids is 1. The van der Waals surface area contributed by atoms with Gasteiger partial charge in [0.25, 0.3) is 0 Å². The van der Waals surface area contributed by atoms with Crippen molar-refractivity contribution in [2.45, 2.75) is 38.5 Å². The van der Waals surface area contributed by atoms with Crippen molar-refractivity contribution in [1.29, 1.82) is 0 Å². The van der Waals surface area contributed by atoms with Crippen LogP contribution in [0.15, 0.2) is 4.52 Å². The summed E-state index contributed by atoms with van der Waals surface area (Å²) < 4.78 is 10.9. The number of nitrogens with zero attached hydrogens (tertiary/aromatic N) is 3. The average Bonchev–Trinajstić information content (AvgIpc) is 3.04. The van der Waals surface area contributed by atoms with Gasteiger partial charge in [0.05, 0.1) is 13.2 Å². The van der Waals surface area contributed by atoms with Gasteiger partial charge in [-0.2, -0.15) is 4.98 Å². The number of ether oxygens (including phenoxy) is 1. The van der Waals surface area contributed by atoms with E-state index in [4.69, 9.17) is 9.26 Å². The number of fused-ring (bicyclic) bond motifs is 1. The summed E-state index contributed by atoms with van der Waals surface area (Å²) >= 11 is 0. The summed E-state index contributed by atoms with van der Waals surface area (Å²) in [5.74, 6) is 0.872. The number of aromatic nitrogens is 2. The van der Waals surface area contributed by atoms with Crippen LogP contribution in [0.4, 0.5) is 0 Å². The number of morpholine rings is 1. The molecule has 2 atom stereocenters. The minimum Gasteiger partial charge on any atom is -0.367 e. The maximum absolute atomic E-state index is 10.8. The van der Waals surface area contributed by atoms with E-state index in [0.717, 1.165) is 19.7 Å². The van der Waals surface area contributed by atoms with E-state index in [1.807, 2.05) is 0 Å². The topological polar surface area (TPSA) is 80.5 Å². The molecular weight excluding hydrogens is 248 g/mol. The molecule has 0 spiro atoms. The zero-order chi connectivity index (χ0) is 13.2. The molecule has 2 fully saturated rings. The smallest absolute Gasteiger partial charge is 0.246 e. The summed E-state index contributed by atoms with van der Waals surface area (Å²) in [6, 6.07) is 0.557. The Morgan fingerprint density at radius 2 is 2.47 bits per heavy atom. The van der Waals surface area contributed by atoms with Crippen LogP contribution in [0.5, 0.6) is 0 Å². The second-order valence-electron chi connectivity index (χ2n) is 5.07. The molecule has 2 saturated heterocycles. The van der Waals surface area contributed by atoms with Gasteiger partial charge in [-0.05, 0) is 19.4 Å². The molecule has 0 unspecified atom stereocenters. The van der Waals surface area contributed by atoms with Crippen molar-refractivity contribution in [1.82, 2.24) is 20.4 Å². The third-order valence-corrected chi connectivity index (χ3v) is 3.65. The molecule has 0 radical (unpaired) electrons. The first-order chi connectivity index (χ1) is 9.22. The summed E-state index contributed by atoms with van der Waals surface area (Å²) in [5, 5.41) is 6.57. The highest BCUT2D eigenvalue weighted by atomic mass is 16.5. The maximum atomic E-state index is 10.8. The molecule has 0 saturated carbocycles. The Bertz CT molecular complexity index is 462. The summed E-state index contributed by atoms with van der Waals surface area (Å²) in [6.45, 7) is 4.40. The predicted octanol–water partition coefficient (Wildman–Crippen LogP) is 0.241. The number of hydrogen-bond acceptors (Lipinski definition) is 6. The highest BCUT2D eigenvalue weighted by Gasteiger charge is 2.34. The summed E-state index contributed by atoms with van der Waals surface area (Å²) in [7, 11) is 0. The molecule has 0 bridgehead atoms. The van der Waals surface area contributed by atoms with Gasteiger partial charge in [-0.25, -0.2) is 0 Å². The molecule has 104 valence electrons. The van der Waals surface area contributed by atoms with Crippen molar-refractivity contribution >= 4 is 5.91 Å². The molecule has 2 aliphatic rings. The van der Waals surface area contributed by atoms with Gasteiger partial charge >= 0.3 is 0 Å². The zero-order valence-electron chi connectivity index (χ0n) is 11.0. The third-order valence-electron chi connectivity index (χ3n) is 3.65. The summed E-state index contributed by atoms with van der Waals surface area (Å²) in [4.78, 5) is 17.5. The predicted molar refractivity (Wildman–Crippen MR) is 65.1 cm³/mol. The third kappa shape index (κ3) is 2.76. The second-order valence-corrected chi connectivity index (χ2v) is 5.07. The van der Waals surface area contributed by atoms with Gasteiger partial charge in [-0.1, -0.05) is 5.16 Å². The van der Waals surface area contributed by atoms with Crippen LogP contribution in [-0.2, 0) is 16.1 Å². The van der Waals surface area contributed by atoms with E-state index in [-0.39, 0.29) is 18.6 Å². The molecule has 1 N–H and O–H groups in total. The van der Waals surface area contributed by atoms with Gasteiger partial charge in [-0.3, -0.25) is 9.69 Å². The lowest BCUT2D eigenvalue weighted by Crippen LogP contribution is -2.42. The summed E-state index contributed by atoms with van der Waals surface area (Å²) in [5.41, 5.74) is 0. The molecule has 19 heavy (non-hydrogen) atoms. The number of nitrogens with one attached hydrogen (secondary N) is 1. The van der Waals surface area contributed by atoms with Gasteiger partial charge in [0, 0.05) is 19.5 Å². The average molecular weight is 266 g/mol. The first kappa shape index (κ1) is 12.6. The fourth-order valence-corrected chi connectivity index (χ4v) is 2.64. The molecule has 2 aliphatic heterocycles. The Labute approximate surface area is 111 Å². The molecule has 3 heterocycles. The monoisotopic (exact) mass is 266 g/mol.